The van der Waals surface area contributed by atoms with Crippen molar-refractivity contribution >= 4 is 0 Å². The second-order valence-electron chi connectivity index (χ2n) is 4.05. The molecule has 0 saturated carbocycles. The van der Waals surface area contributed by atoms with Gasteiger partial charge < -0.3 is 10.5 Å². The molecule has 1 heterocycles. The first-order valence-corrected chi connectivity index (χ1v) is 5.90. The van der Waals surface area contributed by atoms with Crippen molar-refractivity contribution in [3.8, 4) is 0 Å². The van der Waals surface area contributed by atoms with E-state index in [-0.39, 0.29) is 0 Å². The van der Waals surface area contributed by atoms with Gasteiger partial charge in [0.05, 0.1) is 6.61 Å². The van der Waals surface area contributed by atoms with Gasteiger partial charge in [0.15, 0.2) is 0 Å². The second kappa shape index (κ2) is 7.21. The first kappa shape index (κ1) is 12.0. The maximum atomic E-state index is 5.63. The Balaban J connectivity index is 2.30. The van der Waals surface area contributed by atoms with Crippen molar-refractivity contribution in [1.82, 2.24) is 4.90 Å². The highest BCUT2D eigenvalue weighted by Crippen LogP contribution is 2.13. The average molecular weight is 200 g/mol. The van der Waals surface area contributed by atoms with Crippen molar-refractivity contribution in [1.29, 1.82) is 0 Å². The van der Waals surface area contributed by atoms with Gasteiger partial charge in [0, 0.05) is 25.7 Å². The zero-order valence-electron chi connectivity index (χ0n) is 9.37. The summed E-state index contributed by atoms with van der Waals surface area (Å²) in [6, 6.07) is 0.624. The maximum absolute atomic E-state index is 5.63. The quantitative estimate of drug-likeness (QED) is 0.701. The number of nitrogens with two attached hydrogens (primary N) is 1. The van der Waals surface area contributed by atoms with Gasteiger partial charge in [-0.2, -0.15) is 0 Å². The molecule has 2 N–H and O–H groups in total. The normalized spacial score (nSPS) is 22.9. The Hall–Kier alpha value is -0.120. The van der Waals surface area contributed by atoms with E-state index in [9.17, 15) is 0 Å². The molecule has 0 aromatic heterocycles. The number of hydrogen-bond acceptors (Lipinski definition) is 3. The fraction of sp³-hybridized carbons (Fsp3) is 1.00. The lowest BCUT2D eigenvalue weighted by atomic mass is 10.1. The fourth-order valence-corrected chi connectivity index (χ4v) is 2.02. The lowest BCUT2D eigenvalue weighted by molar-refractivity contribution is 0.0184. The molecule has 0 spiro atoms. The molecule has 0 aromatic rings. The standard InChI is InChI=1S/C11H24N2O/c1-2-3-7-13(8-6-12)11-5-4-9-14-10-11/h11H,2-10,12H2,1H3. The van der Waals surface area contributed by atoms with Crippen LogP contribution in [0.4, 0.5) is 0 Å². The van der Waals surface area contributed by atoms with E-state index in [1.807, 2.05) is 0 Å². The third-order valence-electron chi connectivity index (χ3n) is 2.87. The molecule has 1 fully saturated rings. The molecule has 3 heteroatoms. The summed E-state index contributed by atoms with van der Waals surface area (Å²) >= 11 is 0. The fourth-order valence-electron chi connectivity index (χ4n) is 2.02. The predicted octanol–water partition coefficient (Wildman–Crippen LogP) is 1.23. The molecular formula is C11H24N2O. The molecule has 0 amide bonds. The summed E-state index contributed by atoms with van der Waals surface area (Å²) in [5.41, 5.74) is 5.63. The predicted molar refractivity (Wildman–Crippen MR) is 59.4 cm³/mol. The van der Waals surface area contributed by atoms with Gasteiger partial charge in [0.2, 0.25) is 0 Å². The summed E-state index contributed by atoms with van der Waals surface area (Å²) in [5.74, 6) is 0. The van der Waals surface area contributed by atoms with Crippen LogP contribution in [0.15, 0.2) is 0 Å². The summed E-state index contributed by atoms with van der Waals surface area (Å²) < 4.78 is 5.51. The van der Waals surface area contributed by atoms with Crippen molar-refractivity contribution < 1.29 is 4.74 Å². The van der Waals surface area contributed by atoms with Gasteiger partial charge in [0.25, 0.3) is 0 Å². The molecule has 0 aromatic carbocycles. The van der Waals surface area contributed by atoms with Gasteiger partial charge >= 0.3 is 0 Å². The van der Waals surface area contributed by atoms with Crippen LogP contribution in [-0.4, -0.2) is 43.8 Å². The second-order valence-corrected chi connectivity index (χ2v) is 4.05. The number of hydrogen-bond donors (Lipinski definition) is 1. The van der Waals surface area contributed by atoms with E-state index < -0.39 is 0 Å². The van der Waals surface area contributed by atoms with E-state index in [1.54, 1.807) is 0 Å². The van der Waals surface area contributed by atoms with E-state index in [0.717, 1.165) is 26.3 Å². The molecule has 1 rings (SSSR count). The number of unbranched alkanes of at least 4 members (excludes halogenated alkanes) is 1. The third-order valence-corrected chi connectivity index (χ3v) is 2.87. The Bertz CT molecular complexity index is 135. The van der Waals surface area contributed by atoms with Crippen LogP contribution in [0, 0.1) is 0 Å². The summed E-state index contributed by atoms with van der Waals surface area (Å²) in [5, 5.41) is 0. The highest BCUT2D eigenvalue weighted by Gasteiger charge is 2.20. The molecule has 84 valence electrons. The van der Waals surface area contributed by atoms with Crippen LogP contribution in [-0.2, 0) is 4.74 Å². The number of rotatable bonds is 6. The molecule has 1 atom stereocenters. The highest BCUT2D eigenvalue weighted by molar-refractivity contribution is 4.74. The maximum Gasteiger partial charge on any atom is 0.0621 e. The molecule has 3 nitrogen and oxygen atoms in total. The van der Waals surface area contributed by atoms with Crippen molar-refractivity contribution in [2.75, 3.05) is 32.8 Å². The summed E-state index contributed by atoms with van der Waals surface area (Å²) in [4.78, 5) is 2.50. The minimum absolute atomic E-state index is 0.624. The molecule has 0 bridgehead atoms. The molecule has 1 saturated heterocycles. The van der Waals surface area contributed by atoms with E-state index in [1.165, 1.54) is 32.2 Å². The Labute approximate surface area is 87.6 Å². The summed E-state index contributed by atoms with van der Waals surface area (Å²) in [6.45, 7) is 7.05. The van der Waals surface area contributed by atoms with Crippen LogP contribution in [0.1, 0.15) is 32.6 Å². The minimum Gasteiger partial charge on any atom is -0.380 e. The molecule has 1 aliphatic heterocycles. The van der Waals surface area contributed by atoms with Gasteiger partial charge in [-0.15, -0.1) is 0 Å². The van der Waals surface area contributed by atoms with E-state index in [2.05, 4.69) is 11.8 Å². The molecule has 0 radical (unpaired) electrons. The molecular weight excluding hydrogens is 176 g/mol. The summed E-state index contributed by atoms with van der Waals surface area (Å²) in [7, 11) is 0. The first-order valence-electron chi connectivity index (χ1n) is 5.90. The first-order chi connectivity index (χ1) is 6.88. The van der Waals surface area contributed by atoms with Gasteiger partial charge in [-0.3, -0.25) is 4.90 Å². The average Bonchev–Trinajstić information content (AvgIpc) is 2.25. The Kier molecular flexibility index (Phi) is 6.15. The highest BCUT2D eigenvalue weighted by atomic mass is 16.5. The van der Waals surface area contributed by atoms with E-state index >= 15 is 0 Å². The van der Waals surface area contributed by atoms with Gasteiger partial charge in [-0.05, 0) is 25.8 Å². The van der Waals surface area contributed by atoms with E-state index in [4.69, 9.17) is 10.5 Å². The molecule has 1 aliphatic rings. The Morgan fingerprint density at radius 3 is 2.86 bits per heavy atom. The largest absolute Gasteiger partial charge is 0.380 e. The van der Waals surface area contributed by atoms with Crippen LogP contribution >= 0.6 is 0 Å². The topological polar surface area (TPSA) is 38.5 Å². The van der Waals surface area contributed by atoms with Crippen molar-refractivity contribution in [2.24, 2.45) is 5.73 Å². The molecule has 1 unspecified atom stereocenters. The van der Waals surface area contributed by atoms with Crippen LogP contribution in [0.3, 0.4) is 0 Å². The Morgan fingerprint density at radius 1 is 1.43 bits per heavy atom. The van der Waals surface area contributed by atoms with Gasteiger partial charge in [-0.1, -0.05) is 13.3 Å². The van der Waals surface area contributed by atoms with Crippen molar-refractivity contribution in [3.63, 3.8) is 0 Å². The number of ether oxygens (including phenoxy) is 1. The smallest absolute Gasteiger partial charge is 0.0621 e. The zero-order chi connectivity index (χ0) is 10.2. The zero-order valence-corrected chi connectivity index (χ0v) is 9.37. The van der Waals surface area contributed by atoms with Crippen LogP contribution in [0.2, 0.25) is 0 Å². The van der Waals surface area contributed by atoms with Crippen LogP contribution in [0.25, 0.3) is 0 Å². The number of nitrogens with zero attached hydrogens (tertiary/aromatic N) is 1. The van der Waals surface area contributed by atoms with Crippen LogP contribution < -0.4 is 5.73 Å². The van der Waals surface area contributed by atoms with Gasteiger partial charge in [0.1, 0.15) is 0 Å². The summed E-state index contributed by atoms with van der Waals surface area (Å²) in [6.07, 6.45) is 5.02. The SMILES string of the molecule is CCCCN(CCN)C1CCCOC1. The minimum atomic E-state index is 0.624. The lowest BCUT2D eigenvalue weighted by Crippen LogP contribution is -2.44. The molecule has 14 heavy (non-hydrogen) atoms. The third kappa shape index (κ3) is 3.95. The lowest BCUT2D eigenvalue weighted by Gasteiger charge is -2.33. The van der Waals surface area contributed by atoms with E-state index in [0.29, 0.717) is 6.04 Å². The van der Waals surface area contributed by atoms with Crippen molar-refractivity contribution in [3.05, 3.63) is 0 Å². The Morgan fingerprint density at radius 2 is 2.29 bits per heavy atom. The molecule has 0 aliphatic carbocycles. The monoisotopic (exact) mass is 200 g/mol. The van der Waals surface area contributed by atoms with Crippen LogP contribution in [0.5, 0.6) is 0 Å². The van der Waals surface area contributed by atoms with Gasteiger partial charge in [-0.25, -0.2) is 0 Å². The van der Waals surface area contributed by atoms with Crippen molar-refractivity contribution in [2.45, 2.75) is 38.6 Å².